The van der Waals surface area contributed by atoms with Crippen LogP contribution in [0.2, 0.25) is 0 Å². The van der Waals surface area contributed by atoms with Gasteiger partial charge in [0.1, 0.15) is 0 Å². The van der Waals surface area contributed by atoms with Crippen molar-refractivity contribution in [2.75, 3.05) is 0 Å². The Hall–Kier alpha value is -1.69. The van der Waals surface area contributed by atoms with E-state index in [1.54, 1.807) is 17.5 Å². The maximum Gasteiger partial charge on any atom is 0.304 e. The Kier molecular flexibility index (Phi) is 4.65. The molecule has 16 heavy (non-hydrogen) atoms. The van der Waals surface area contributed by atoms with Crippen LogP contribution in [0.4, 0.5) is 0 Å². The van der Waals surface area contributed by atoms with Gasteiger partial charge in [-0.3, -0.25) is 14.9 Å². The number of nitrogens with one attached hydrogen (secondary N) is 1. The maximum absolute atomic E-state index is 10.8. The first-order valence-electron chi connectivity index (χ1n) is 4.81. The van der Waals surface area contributed by atoms with Crippen molar-refractivity contribution < 1.29 is 4.92 Å². The molecule has 0 aliphatic carbocycles. The minimum Gasteiger partial charge on any atom is -0.316 e. The third-order valence-electron chi connectivity index (χ3n) is 1.82. The van der Waals surface area contributed by atoms with E-state index in [1.807, 2.05) is 6.92 Å². The van der Waals surface area contributed by atoms with Crippen LogP contribution in [0.5, 0.6) is 0 Å². The summed E-state index contributed by atoms with van der Waals surface area (Å²) >= 11 is 1.09. The fraction of sp³-hybridized carbons (Fsp3) is 0.300. The molecular formula is C10H12N2O3S. The van der Waals surface area contributed by atoms with Crippen LogP contribution in [0.25, 0.3) is 0 Å². The van der Waals surface area contributed by atoms with Crippen molar-refractivity contribution in [1.29, 1.82) is 0 Å². The lowest BCUT2D eigenvalue weighted by atomic mass is 10.2. The van der Waals surface area contributed by atoms with Crippen LogP contribution >= 0.6 is 11.3 Å². The van der Waals surface area contributed by atoms with Crippen LogP contribution in [0.3, 0.4) is 0 Å². The van der Waals surface area contributed by atoms with Gasteiger partial charge in [0.25, 0.3) is 5.70 Å². The Balaban J connectivity index is 2.62. The highest BCUT2D eigenvalue weighted by atomic mass is 32.1. The number of H-pyrrole nitrogens is 1. The summed E-state index contributed by atoms with van der Waals surface area (Å²) in [5, 5.41) is 12.3. The molecule has 0 amide bonds. The van der Waals surface area contributed by atoms with Gasteiger partial charge in [0, 0.05) is 23.6 Å². The molecular weight excluding hydrogens is 228 g/mol. The zero-order chi connectivity index (χ0) is 12.0. The van der Waals surface area contributed by atoms with Gasteiger partial charge in [-0.1, -0.05) is 24.3 Å². The fourth-order valence-electron chi connectivity index (χ4n) is 1.13. The summed E-state index contributed by atoms with van der Waals surface area (Å²) in [7, 11) is 0. The largest absolute Gasteiger partial charge is 0.316 e. The van der Waals surface area contributed by atoms with Gasteiger partial charge in [0.2, 0.25) is 0 Å². The van der Waals surface area contributed by atoms with Crippen molar-refractivity contribution in [1.82, 2.24) is 4.98 Å². The lowest BCUT2D eigenvalue weighted by Crippen LogP contribution is -1.96. The van der Waals surface area contributed by atoms with Crippen LogP contribution in [-0.4, -0.2) is 9.91 Å². The summed E-state index contributed by atoms with van der Waals surface area (Å²) < 4.78 is 0. The topological polar surface area (TPSA) is 76.0 Å². The first-order chi connectivity index (χ1) is 7.63. The third kappa shape index (κ3) is 3.82. The van der Waals surface area contributed by atoms with Crippen LogP contribution in [0.15, 0.2) is 34.1 Å². The molecule has 0 aromatic carbocycles. The SMILES string of the molecule is CC/C=C(\C=C/Cc1csc(=O)[nH]1)[N+](=O)[O-]. The van der Waals surface area contributed by atoms with Crippen LogP contribution in [0, 0.1) is 10.1 Å². The van der Waals surface area contributed by atoms with Gasteiger partial charge >= 0.3 is 4.87 Å². The number of allylic oxidation sites excluding steroid dienone is 3. The predicted octanol–water partition coefficient (Wildman–Crippen LogP) is 2.11. The van der Waals surface area contributed by atoms with E-state index >= 15 is 0 Å². The Morgan fingerprint density at radius 2 is 2.44 bits per heavy atom. The molecule has 0 bridgehead atoms. The molecule has 0 spiro atoms. The van der Waals surface area contributed by atoms with Crippen molar-refractivity contribution in [2.45, 2.75) is 19.8 Å². The molecule has 0 fully saturated rings. The molecule has 0 saturated heterocycles. The summed E-state index contributed by atoms with van der Waals surface area (Å²) in [5.41, 5.74) is 0.852. The summed E-state index contributed by atoms with van der Waals surface area (Å²) in [6, 6.07) is 0. The van der Waals surface area contributed by atoms with Crippen molar-refractivity contribution >= 4 is 11.3 Å². The number of hydrogen-bond donors (Lipinski definition) is 1. The second-order valence-corrected chi connectivity index (χ2v) is 3.92. The molecule has 1 aromatic rings. The van der Waals surface area contributed by atoms with E-state index in [9.17, 15) is 14.9 Å². The third-order valence-corrected chi connectivity index (χ3v) is 2.54. The van der Waals surface area contributed by atoms with Gasteiger partial charge in [0.05, 0.1) is 4.92 Å². The maximum atomic E-state index is 10.8. The first kappa shape index (κ1) is 12.4. The number of hydrogen-bond acceptors (Lipinski definition) is 4. The van der Waals surface area contributed by atoms with Crippen LogP contribution < -0.4 is 4.87 Å². The van der Waals surface area contributed by atoms with Crippen LogP contribution in [0.1, 0.15) is 19.0 Å². The van der Waals surface area contributed by atoms with E-state index in [2.05, 4.69) is 4.98 Å². The quantitative estimate of drug-likeness (QED) is 0.486. The smallest absolute Gasteiger partial charge is 0.304 e. The van der Waals surface area contributed by atoms with Crippen molar-refractivity contribution in [3.63, 3.8) is 0 Å². The predicted molar refractivity (Wildman–Crippen MR) is 63.2 cm³/mol. The van der Waals surface area contributed by atoms with E-state index < -0.39 is 4.92 Å². The van der Waals surface area contributed by atoms with E-state index in [1.165, 1.54) is 6.08 Å². The Morgan fingerprint density at radius 3 is 2.94 bits per heavy atom. The standard InChI is InChI=1S/C10H12N2O3S/c1-2-4-9(12(14)15)6-3-5-8-7-16-10(13)11-8/h3-4,6-7H,2,5H2,1H3,(H,11,13)/b6-3-,9-4+. The zero-order valence-corrected chi connectivity index (χ0v) is 9.62. The molecule has 0 unspecified atom stereocenters. The molecule has 5 nitrogen and oxygen atoms in total. The molecule has 1 heterocycles. The summed E-state index contributed by atoms with van der Waals surface area (Å²) in [4.78, 5) is 23.5. The average Bonchev–Trinajstić information content (AvgIpc) is 2.63. The highest BCUT2D eigenvalue weighted by Crippen LogP contribution is 2.03. The van der Waals surface area contributed by atoms with Crippen molar-refractivity contribution in [3.05, 3.63) is 54.8 Å². The molecule has 1 rings (SSSR count). The lowest BCUT2D eigenvalue weighted by Gasteiger charge is -1.90. The van der Waals surface area contributed by atoms with Gasteiger partial charge in [-0.15, -0.1) is 0 Å². The monoisotopic (exact) mass is 240 g/mol. The second-order valence-electron chi connectivity index (χ2n) is 3.07. The lowest BCUT2D eigenvalue weighted by molar-refractivity contribution is -0.419. The van der Waals surface area contributed by atoms with Gasteiger partial charge in [-0.2, -0.15) is 0 Å². The second kappa shape index (κ2) is 6.02. The summed E-state index contributed by atoms with van der Waals surface area (Å²) in [6.45, 7) is 1.84. The van der Waals surface area contributed by atoms with E-state index in [0.29, 0.717) is 12.8 Å². The number of aromatic amines is 1. The van der Waals surface area contributed by atoms with Gasteiger partial charge in [-0.05, 0) is 12.5 Å². The summed E-state index contributed by atoms with van der Waals surface area (Å²) in [5.74, 6) is 0. The number of nitrogens with zero attached hydrogens (tertiary/aromatic N) is 1. The molecule has 1 N–H and O–H groups in total. The Morgan fingerprint density at radius 1 is 1.69 bits per heavy atom. The fourth-order valence-corrected chi connectivity index (χ4v) is 1.73. The van der Waals surface area contributed by atoms with E-state index in [0.717, 1.165) is 17.0 Å². The number of aromatic nitrogens is 1. The molecule has 86 valence electrons. The highest BCUT2D eigenvalue weighted by Gasteiger charge is 2.03. The Labute approximate surface area is 96.3 Å². The first-order valence-corrected chi connectivity index (χ1v) is 5.69. The van der Waals surface area contributed by atoms with Gasteiger partial charge < -0.3 is 4.98 Å². The Bertz CT molecular complexity index is 470. The van der Waals surface area contributed by atoms with Gasteiger partial charge in [0.15, 0.2) is 0 Å². The number of nitro groups is 1. The number of rotatable bonds is 5. The highest BCUT2D eigenvalue weighted by molar-refractivity contribution is 7.07. The minimum atomic E-state index is -0.420. The molecule has 0 saturated carbocycles. The average molecular weight is 240 g/mol. The molecule has 6 heteroatoms. The van der Waals surface area contributed by atoms with Gasteiger partial charge in [-0.25, -0.2) is 0 Å². The van der Waals surface area contributed by atoms with E-state index in [-0.39, 0.29) is 10.6 Å². The summed E-state index contributed by atoms with van der Waals surface area (Å²) in [6.07, 6.45) is 5.79. The van der Waals surface area contributed by atoms with Crippen LogP contribution in [-0.2, 0) is 6.42 Å². The zero-order valence-electron chi connectivity index (χ0n) is 8.80. The molecule has 0 aliphatic heterocycles. The molecule has 0 atom stereocenters. The molecule has 1 aromatic heterocycles. The normalized spacial score (nSPS) is 12.2. The minimum absolute atomic E-state index is 0.0834. The molecule has 0 aliphatic rings. The molecule has 0 radical (unpaired) electrons. The van der Waals surface area contributed by atoms with E-state index in [4.69, 9.17) is 0 Å². The number of thiazole rings is 1. The van der Waals surface area contributed by atoms with Crippen molar-refractivity contribution in [2.24, 2.45) is 0 Å². The van der Waals surface area contributed by atoms with Crippen molar-refractivity contribution in [3.8, 4) is 0 Å².